The molecule has 3 N–H and O–H groups in total. The summed E-state index contributed by atoms with van der Waals surface area (Å²) in [5, 5.41) is 0.241. The summed E-state index contributed by atoms with van der Waals surface area (Å²) < 4.78 is 23.5. The molecule has 0 aliphatic heterocycles. The molecule has 0 saturated heterocycles. The van der Waals surface area contributed by atoms with E-state index in [1.54, 1.807) is 12.1 Å². The van der Waals surface area contributed by atoms with Gasteiger partial charge in [0.1, 0.15) is 0 Å². The third-order valence-electron chi connectivity index (χ3n) is 2.78. The van der Waals surface area contributed by atoms with Gasteiger partial charge in [0.05, 0.1) is 0 Å². The van der Waals surface area contributed by atoms with Gasteiger partial charge in [0.25, 0.3) is 0 Å². The molecule has 0 saturated carbocycles. The molecule has 0 fully saturated rings. The first kappa shape index (κ1) is 31.9. The van der Waals surface area contributed by atoms with E-state index in [1.807, 2.05) is 41.5 Å². The Hall–Kier alpha value is 0.177. The molecule has 3 nitrogen and oxygen atoms in total. The first-order chi connectivity index (χ1) is 10.6. The van der Waals surface area contributed by atoms with E-state index in [1.165, 1.54) is 12.1 Å². The largest absolute Gasteiger partial charge is 4.00 e. The van der Waals surface area contributed by atoms with E-state index in [-0.39, 0.29) is 49.2 Å². The average molecular weight is 526 g/mol. The molecule has 3 unspecified atom stereocenters. The number of nitrogens with one attached hydrogen (secondary N) is 3. The summed E-state index contributed by atoms with van der Waals surface area (Å²) in [5.41, 5.74) is 20.5. The number of rotatable bonds is 4. The first-order valence-electron chi connectivity index (χ1n) is 8.25. The van der Waals surface area contributed by atoms with Crippen LogP contribution in [-0.4, -0.2) is 27.6 Å². The Morgan fingerprint density at radius 3 is 1.08 bits per heavy atom. The predicted octanol–water partition coefficient (Wildman–Crippen LogP) is 6.28. The van der Waals surface area contributed by atoms with E-state index in [2.05, 4.69) is 0 Å². The van der Waals surface area contributed by atoms with Crippen molar-refractivity contribution in [1.29, 1.82) is 0 Å². The van der Waals surface area contributed by atoms with E-state index in [0.717, 1.165) is 19.3 Å². The Labute approximate surface area is 168 Å². The maximum absolute atomic E-state index is 11.7. The van der Waals surface area contributed by atoms with Crippen LogP contribution in [0.25, 0.3) is 17.2 Å². The summed E-state index contributed by atoms with van der Waals surface area (Å²) in [6.07, 6.45) is 2.92. The molecule has 0 aromatic heterocycles. The van der Waals surface area contributed by atoms with Gasteiger partial charge in [-0.3, -0.25) is 8.22 Å². The van der Waals surface area contributed by atoms with Crippen LogP contribution in [0.2, 0.25) is 0 Å². The number of halogens is 2. The van der Waals surface area contributed by atoms with Crippen molar-refractivity contribution >= 4 is 14.7 Å². The molecule has 1 aromatic carbocycles. The maximum Gasteiger partial charge on any atom is 4.00 e. The van der Waals surface area contributed by atoms with Gasteiger partial charge in [-0.15, -0.1) is 23.3 Å². The van der Waals surface area contributed by atoms with Crippen LogP contribution in [0, 0.1) is 0 Å². The number of hydrogen-bond acceptors (Lipinski definition) is 0. The second-order valence-corrected chi connectivity index (χ2v) is 6.71. The van der Waals surface area contributed by atoms with E-state index < -0.39 is 9.46 Å². The zero-order chi connectivity index (χ0) is 18.8. The fourth-order valence-electron chi connectivity index (χ4n) is 0.534. The summed E-state index contributed by atoms with van der Waals surface area (Å²) in [6.45, 7) is 11.7. The molecule has 0 bridgehead atoms. The van der Waals surface area contributed by atoms with Gasteiger partial charge in [-0.1, -0.05) is 60.8 Å². The SMILES string of the molecule is CCC(C)[NH-].CCC(C)[NH-].CCC(C)[NH-].F[SiH](F)[c-]1cccc1.[Hf+4]. The summed E-state index contributed by atoms with van der Waals surface area (Å²) >= 11 is 0. The Morgan fingerprint density at radius 1 is 0.792 bits per heavy atom. The van der Waals surface area contributed by atoms with E-state index in [9.17, 15) is 8.22 Å². The Bertz CT molecular complexity index is 290. The van der Waals surface area contributed by atoms with Crippen molar-refractivity contribution < 1.29 is 34.1 Å². The molecular formula is C17H35F2HfN3Si. The molecule has 0 spiro atoms. The second-order valence-electron chi connectivity index (χ2n) is 5.45. The van der Waals surface area contributed by atoms with Gasteiger partial charge in [0.15, 0.2) is 0 Å². The zero-order valence-corrected chi connectivity index (χ0v) is 20.7. The smallest absolute Gasteiger partial charge is 0.675 e. The van der Waals surface area contributed by atoms with Crippen molar-refractivity contribution in [1.82, 2.24) is 0 Å². The molecule has 24 heavy (non-hydrogen) atoms. The van der Waals surface area contributed by atoms with Crippen molar-refractivity contribution in [3.8, 4) is 0 Å². The minimum atomic E-state index is -3.48. The van der Waals surface area contributed by atoms with Crippen LogP contribution in [0.3, 0.4) is 0 Å². The third-order valence-corrected chi connectivity index (χ3v) is 3.67. The Balaban J connectivity index is -0.000000113. The molecule has 0 radical (unpaired) electrons. The van der Waals surface area contributed by atoms with Gasteiger partial charge in [0.2, 0.25) is 0 Å². The van der Waals surface area contributed by atoms with Gasteiger partial charge in [-0.05, 0) is 0 Å². The molecule has 0 aliphatic rings. The minimum Gasteiger partial charge on any atom is -0.675 e. The molecule has 0 amide bonds. The summed E-state index contributed by atoms with van der Waals surface area (Å²) in [5.74, 6) is 0. The normalized spacial score (nSPS) is 12.8. The Kier molecular flexibility index (Phi) is 30.8. The van der Waals surface area contributed by atoms with Gasteiger partial charge < -0.3 is 17.2 Å². The van der Waals surface area contributed by atoms with Crippen LogP contribution < -0.4 is 5.19 Å². The minimum absolute atomic E-state index is 0. The van der Waals surface area contributed by atoms with Crippen LogP contribution in [0.4, 0.5) is 8.22 Å². The molecule has 1 aromatic rings. The van der Waals surface area contributed by atoms with Gasteiger partial charge in [0, 0.05) is 0 Å². The standard InChI is InChI=1S/C5H5F2Si.3C4H10N.Hf/c6-8(7)5-3-1-2-4-5;3*1-3-4(2)5;/h1-4,8H;3*4-5H,3H2,1-2H3;/q4*-1;+4. The van der Waals surface area contributed by atoms with E-state index in [4.69, 9.17) is 17.2 Å². The molecule has 1 rings (SSSR count). The van der Waals surface area contributed by atoms with Crippen LogP contribution in [-0.2, 0) is 25.8 Å². The van der Waals surface area contributed by atoms with Crippen LogP contribution >= 0.6 is 0 Å². The average Bonchev–Trinajstić information content (AvgIpc) is 3.03. The van der Waals surface area contributed by atoms with Crippen molar-refractivity contribution in [3.63, 3.8) is 0 Å². The van der Waals surface area contributed by atoms with Crippen LogP contribution in [0.15, 0.2) is 24.3 Å². The fourth-order valence-corrected chi connectivity index (χ4v) is 1.05. The van der Waals surface area contributed by atoms with E-state index in [0.29, 0.717) is 0 Å². The topological polar surface area (TPSA) is 71.4 Å². The first-order valence-corrected chi connectivity index (χ1v) is 9.70. The quantitative estimate of drug-likeness (QED) is 0.252. The van der Waals surface area contributed by atoms with Crippen molar-refractivity contribution in [2.75, 3.05) is 0 Å². The second kappa shape index (κ2) is 23.2. The predicted molar refractivity (Wildman–Crippen MR) is 103 cm³/mol. The van der Waals surface area contributed by atoms with Crippen molar-refractivity contribution in [2.24, 2.45) is 0 Å². The third kappa shape index (κ3) is 33.7. The van der Waals surface area contributed by atoms with Crippen molar-refractivity contribution in [2.45, 2.75) is 78.9 Å². The molecular weight excluding hydrogens is 491 g/mol. The maximum atomic E-state index is 11.7. The molecule has 3 atom stereocenters. The molecule has 7 heteroatoms. The van der Waals surface area contributed by atoms with Gasteiger partial charge in [-0.2, -0.15) is 12.1 Å². The van der Waals surface area contributed by atoms with Crippen LogP contribution in [0.5, 0.6) is 0 Å². The van der Waals surface area contributed by atoms with Crippen molar-refractivity contribution in [3.05, 3.63) is 41.5 Å². The monoisotopic (exact) mass is 527 g/mol. The van der Waals surface area contributed by atoms with E-state index >= 15 is 0 Å². The van der Waals surface area contributed by atoms with Gasteiger partial charge in [-0.25, -0.2) is 12.1 Å². The summed E-state index contributed by atoms with van der Waals surface area (Å²) in [4.78, 5) is 0. The molecule has 0 heterocycles. The fraction of sp³-hybridized carbons (Fsp3) is 0.706. The molecule has 0 aliphatic carbocycles. The Morgan fingerprint density at radius 2 is 1.00 bits per heavy atom. The van der Waals surface area contributed by atoms with Crippen LogP contribution in [0.1, 0.15) is 60.8 Å². The zero-order valence-electron chi connectivity index (χ0n) is 16.0. The summed E-state index contributed by atoms with van der Waals surface area (Å²) in [7, 11) is -3.48. The molecule has 140 valence electrons. The summed E-state index contributed by atoms with van der Waals surface area (Å²) in [6, 6.07) is 6.61. The number of hydrogen-bond donors (Lipinski definition) is 0. The van der Waals surface area contributed by atoms with Gasteiger partial charge >= 0.3 is 35.3 Å².